The van der Waals surface area contributed by atoms with Gasteiger partial charge in [0.2, 0.25) is 5.91 Å². The summed E-state index contributed by atoms with van der Waals surface area (Å²) in [6.45, 7) is 3.24. The van der Waals surface area contributed by atoms with Crippen LogP contribution in [0.25, 0.3) is 0 Å². The number of likely N-dealkylation sites (tertiary alicyclic amines) is 1. The number of aryl methyl sites for hydroxylation is 1. The first-order valence-electron chi connectivity index (χ1n) is 9.45. The first-order chi connectivity index (χ1) is 12.1. The average molecular weight is 344 g/mol. The predicted molar refractivity (Wildman–Crippen MR) is 96.2 cm³/mol. The van der Waals surface area contributed by atoms with Crippen molar-refractivity contribution in [1.82, 2.24) is 10.2 Å². The van der Waals surface area contributed by atoms with Gasteiger partial charge in [0.05, 0.1) is 6.26 Å². The molecule has 25 heavy (non-hydrogen) atoms. The van der Waals surface area contributed by atoms with Crippen LogP contribution in [-0.2, 0) is 4.79 Å². The lowest BCUT2D eigenvalue weighted by Crippen LogP contribution is -2.46. The number of amides is 2. The second kappa shape index (κ2) is 8.37. The van der Waals surface area contributed by atoms with Crippen LogP contribution in [0.15, 0.2) is 28.9 Å². The minimum atomic E-state index is -0.163. The lowest BCUT2D eigenvalue weighted by atomic mass is 9.89. The smallest absolute Gasteiger partial charge is 0.287 e. The van der Waals surface area contributed by atoms with Gasteiger partial charge in [-0.15, -0.1) is 0 Å². The van der Waals surface area contributed by atoms with E-state index in [9.17, 15) is 9.59 Å². The molecule has 1 aromatic rings. The van der Waals surface area contributed by atoms with Crippen LogP contribution >= 0.6 is 0 Å². The van der Waals surface area contributed by atoms with E-state index in [0.717, 1.165) is 18.4 Å². The number of hydrogen-bond acceptors (Lipinski definition) is 3. The molecule has 2 aliphatic rings. The molecule has 2 heterocycles. The van der Waals surface area contributed by atoms with E-state index in [4.69, 9.17) is 4.42 Å². The lowest BCUT2D eigenvalue weighted by Gasteiger charge is -2.31. The summed E-state index contributed by atoms with van der Waals surface area (Å²) >= 11 is 0. The van der Waals surface area contributed by atoms with Crippen LogP contribution in [0.4, 0.5) is 0 Å². The minimum Gasteiger partial charge on any atom is -0.459 e. The van der Waals surface area contributed by atoms with Crippen LogP contribution < -0.4 is 5.32 Å². The average Bonchev–Trinajstić information content (AvgIpc) is 3.07. The van der Waals surface area contributed by atoms with E-state index in [-0.39, 0.29) is 17.9 Å². The standard InChI is InChI=1S/C20H28N2O3/c1-15-11-14-25-19(15)20(24)21-17-9-12-22(13-10-17)18(23)8-7-16-5-3-2-4-6-16/h7-8,11,14,16-17H,2-6,9-10,12-13H2,1H3,(H,21,24). The van der Waals surface area contributed by atoms with Gasteiger partial charge in [-0.3, -0.25) is 9.59 Å². The summed E-state index contributed by atoms with van der Waals surface area (Å²) < 4.78 is 5.23. The molecule has 136 valence electrons. The molecule has 5 nitrogen and oxygen atoms in total. The fourth-order valence-corrected chi connectivity index (χ4v) is 3.75. The highest BCUT2D eigenvalue weighted by molar-refractivity contribution is 5.93. The SMILES string of the molecule is Cc1ccoc1C(=O)NC1CCN(C(=O)C=CC2CCCCC2)CC1. The molecule has 1 aliphatic heterocycles. The van der Waals surface area contributed by atoms with Crippen molar-refractivity contribution < 1.29 is 14.0 Å². The maximum absolute atomic E-state index is 12.3. The third-order valence-electron chi connectivity index (χ3n) is 5.37. The number of rotatable bonds is 4. The van der Waals surface area contributed by atoms with E-state index >= 15 is 0 Å². The maximum atomic E-state index is 12.3. The van der Waals surface area contributed by atoms with Crippen LogP contribution in [0.3, 0.4) is 0 Å². The summed E-state index contributed by atoms with van der Waals surface area (Å²) in [5.41, 5.74) is 0.845. The van der Waals surface area contributed by atoms with E-state index in [1.807, 2.05) is 11.8 Å². The van der Waals surface area contributed by atoms with Gasteiger partial charge >= 0.3 is 0 Å². The van der Waals surface area contributed by atoms with Crippen molar-refractivity contribution >= 4 is 11.8 Å². The largest absolute Gasteiger partial charge is 0.459 e. The zero-order valence-electron chi connectivity index (χ0n) is 15.0. The number of allylic oxidation sites excluding steroid dienone is 1. The molecule has 0 unspecified atom stereocenters. The Bertz CT molecular complexity index is 621. The molecule has 0 bridgehead atoms. The number of nitrogens with one attached hydrogen (secondary N) is 1. The van der Waals surface area contributed by atoms with Gasteiger partial charge in [0.1, 0.15) is 0 Å². The van der Waals surface area contributed by atoms with Crippen LogP contribution in [0.2, 0.25) is 0 Å². The molecule has 1 N–H and O–H groups in total. The Balaban J connectivity index is 1.43. The van der Waals surface area contributed by atoms with Crippen LogP contribution in [0, 0.1) is 12.8 Å². The second-order valence-corrected chi connectivity index (χ2v) is 7.26. The Morgan fingerprint density at radius 2 is 1.88 bits per heavy atom. The first kappa shape index (κ1) is 17.8. The van der Waals surface area contributed by atoms with Gasteiger partial charge in [-0.05, 0) is 50.7 Å². The van der Waals surface area contributed by atoms with Crippen molar-refractivity contribution in [2.24, 2.45) is 5.92 Å². The molecule has 2 amide bonds. The molecule has 5 heteroatoms. The molecule has 0 atom stereocenters. The van der Waals surface area contributed by atoms with E-state index < -0.39 is 0 Å². The topological polar surface area (TPSA) is 62.6 Å². The number of hydrogen-bond donors (Lipinski definition) is 1. The molecular weight excluding hydrogens is 316 g/mol. The summed E-state index contributed by atoms with van der Waals surface area (Å²) in [7, 11) is 0. The number of carbonyl (C=O) groups is 2. The lowest BCUT2D eigenvalue weighted by molar-refractivity contribution is -0.127. The van der Waals surface area contributed by atoms with Gasteiger partial charge in [-0.25, -0.2) is 0 Å². The third kappa shape index (κ3) is 4.74. The molecule has 3 rings (SSSR count). The van der Waals surface area contributed by atoms with E-state index in [2.05, 4.69) is 11.4 Å². The highest BCUT2D eigenvalue weighted by Crippen LogP contribution is 2.24. The van der Waals surface area contributed by atoms with Gasteiger partial charge in [0, 0.05) is 24.7 Å². The number of nitrogens with zero attached hydrogens (tertiary/aromatic N) is 1. The van der Waals surface area contributed by atoms with Crippen molar-refractivity contribution in [2.75, 3.05) is 13.1 Å². The van der Waals surface area contributed by atoms with Crippen molar-refractivity contribution in [2.45, 2.75) is 57.9 Å². The Kier molecular flexibility index (Phi) is 5.95. The fraction of sp³-hybridized carbons (Fsp3) is 0.600. The molecule has 0 aromatic carbocycles. The predicted octanol–water partition coefficient (Wildman–Crippen LogP) is 3.45. The monoisotopic (exact) mass is 344 g/mol. The minimum absolute atomic E-state index is 0.100. The Morgan fingerprint density at radius 1 is 1.16 bits per heavy atom. The van der Waals surface area contributed by atoms with Crippen LogP contribution in [0.5, 0.6) is 0 Å². The molecule has 0 spiro atoms. The molecule has 2 fully saturated rings. The molecule has 0 radical (unpaired) electrons. The molecular formula is C20H28N2O3. The van der Waals surface area contributed by atoms with Crippen molar-refractivity contribution in [1.29, 1.82) is 0 Å². The van der Waals surface area contributed by atoms with Gasteiger partial charge in [-0.1, -0.05) is 25.3 Å². The van der Waals surface area contributed by atoms with Crippen LogP contribution in [0.1, 0.15) is 61.1 Å². The Hall–Kier alpha value is -2.04. The van der Waals surface area contributed by atoms with Crippen molar-refractivity contribution in [3.8, 4) is 0 Å². The number of furan rings is 1. The van der Waals surface area contributed by atoms with E-state index in [0.29, 0.717) is 24.8 Å². The van der Waals surface area contributed by atoms with Gasteiger partial charge in [0.25, 0.3) is 5.91 Å². The summed E-state index contributed by atoms with van der Waals surface area (Å²) in [5, 5.41) is 3.02. The van der Waals surface area contributed by atoms with Crippen LogP contribution in [-0.4, -0.2) is 35.8 Å². The summed E-state index contributed by atoms with van der Waals surface area (Å²) in [6, 6.07) is 1.89. The number of carbonyl (C=O) groups excluding carboxylic acids is 2. The Morgan fingerprint density at radius 3 is 2.52 bits per heavy atom. The van der Waals surface area contributed by atoms with E-state index in [1.165, 1.54) is 38.4 Å². The summed E-state index contributed by atoms with van der Waals surface area (Å²) in [6.07, 6.45) is 13.3. The van der Waals surface area contributed by atoms with Crippen molar-refractivity contribution in [3.05, 3.63) is 35.8 Å². The van der Waals surface area contributed by atoms with Gasteiger partial charge in [0.15, 0.2) is 5.76 Å². The highest BCUT2D eigenvalue weighted by Gasteiger charge is 2.24. The first-order valence-corrected chi connectivity index (χ1v) is 9.45. The zero-order chi connectivity index (χ0) is 17.6. The number of piperidine rings is 1. The van der Waals surface area contributed by atoms with Gasteiger partial charge in [-0.2, -0.15) is 0 Å². The highest BCUT2D eigenvalue weighted by atomic mass is 16.3. The quantitative estimate of drug-likeness (QED) is 0.851. The molecule has 1 aliphatic carbocycles. The Labute approximate surface area is 149 Å². The maximum Gasteiger partial charge on any atom is 0.287 e. The summed E-state index contributed by atoms with van der Waals surface area (Å²) in [4.78, 5) is 26.4. The molecule has 1 saturated heterocycles. The van der Waals surface area contributed by atoms with E-state index in [1.54, 1.807) is 12.1 Å². The summed E-state index contributed by atoms with van der Waals surface area (Å²) in [5.74, 6) is 0.904. The second-order valence-electron chi connectivity index (χ2n) is 7.26. The zero-order valence-corrected chi connectivity index (χ0v) is 15.0. The van der Waals surface area contributed by atoms with Gasteiger partial charge < -0.3 is 14.6 Å². The third-order valence-corrected chi connectivity index (χ3v) is 5.37. The fourth-order valence-electron chi connectivity index (χ4n) is 3.75. The molecule has 1 saturated carbocycles. The molecule has 1 aromatic heterocycles. The van der Waals surface area contributed by atoms with Crippen molar-refractivity contribution in [3.63, 3.8) is 0 Å². The normalized spacial score (nSPS) is 20.1.